The molecule has 3 aromatic heterocycles. The summed E-state index contributed by atoms with van der Waals surface area (Å²) in [6.45, 7) is 5.91. The third-order valence-corrected chi connectivity index (χ3v) is 9.36. The van der Waals surface area contributed by atoms with Gasteiger partial charge in [-0.2, -0.15) is 16.9 Å². The number of Topliss-reactive ketones (excluding diaryl/α,β-unsaturated/α-hetero) is 2. The number of piperidine rings is 1. The molecule has 4 atom stereocenters. The van der Waals surface area contributed by atoms with Crippen molar-refractivity contribution in [2.45, 2.75) is 51.1 Å². The molecule has 0 spiro atoms. The van der Waals surface area contributed by atoms with Crippen LogP contribution >= 0.6 is 27.7 Å². The lowest BCUT2D eigenvalue weighted by Gasteiger charge is -2.22. The Morgan fingerprint density at radius 1 is 1.19 bits per heavy atom. The van der Waals surface area contributed by atoms with Crippen molar-refractivity contribution in [1.82, 2.24) is 29.6 Å². The Morgan fingerprint density at radius 3 is 2.63 bits per heavy atom. The quantitative estimate of drug-likeness (QED) is 0.152. The van der Waals surface area contributed by atoms with Crippen molar-refractivity contribution in [3.63, 3.8) is 0 Å². The van der Waals surface area contributed by atoms with Gasteiger partial charge in [0.1, 0.15) is 28.5 Å². The Labute approximate surface area is 260 Å². The molecule has 222 valence electrons. The van der Waals surface area contributed by atoms with Crippen LogP contribution in [-0.2, 0) is 21.9 Å². The summed E-state index contributed by atoms with van der Waals surface area (Å²) in [5, 5.41) is 8.04. The van der Waals surface area contributed by atoms with Crippen LogP contribution in [0.2, 0.25) is 0 Å². The zero-order chi connectivity index (χ0) is 30.6. The average Bonchev–Trinajstić information content (AvgIpc) is 3.33. The van der Waals surface area contributed by atoms with Crippen LogP contribution in [0, 0.1) is 18.7 Å². The van der Waals surface area contributed by atoms with E-state index >= 15 is 0 Å². The number of carbonyl (C=O) groups is 3. The number of pyridine rings is 1. The van der Waals surface area contributed by atoms with Crippen LogP contribution in [0.3, 0.4) is 0 Å². The molecule has 1 N–H and O–H groups in total. The third-order valence-electron chi connectivity index (χ3n) is 8.20. The van der Waals surface area contributed by atoms with Crippen LogP contribution in [0.15, 0.2) is 41.3 Å². The van der Waals surface area contributed by atoms with Crippen molar-refractivity contribution >= 4 is 61.9 Å². The number of aryl methyl sites for hydroxylation is 1. The summed E-state index contributed by atoms with van der Waals surface area (Å²) in [7, 11) is 0. The summed E-state index contributed by atoms with van der Waals surface area (Å²) in [5.41, 5.74) is 2.86. The minimum atomic E-state index is -0.665. The van der Waals surface area contributed by atoms with E-state index in [1.165, 1.54) is 24.8 Å². The number of hydrogen-bond acceptors (Lipinski definition) is 9. The van der Waals surface area contributed by atoms with Crippen molar-refractivity contribution < 1.29 is 18.8 Å². The van der Waals surface area contributed by atoms with Gasteiger partial charge >= 0.3 is 0 Å². The lowest BCUT2D eigenvalue weighted by molar-refractivity contribution is -0.129. The fourth-order valence-corrected chi connectivity index (χ4v) is 6.82. The first-order valence-electron chi connectivity index (χ1n) is 13.7. The predicted molar refractivity (Wildman–Crippen MR) is 165 cm³/mol. The number of benzene rings is 1. The maximum Gasteiger partial charge on any atom is 0.230 e. The first-order valence-corrected chi connectivity index (χ1v) is 15.9. The second kappa shape index (κ2) is 11.2. The number of amides is 1. The molecule has 2 fully saturated rings. The van der Waals surface area contributed by atoms with E-state index in [0.29, 0.717) is 41.0 Å². The van der Waals surface area contributed by atoms with E-state index in [4.69, 9.17) is 0 Å². The van der Waals surface area contributed by atoms with E-state index < -0.39 is 17.8 Å². The van der Waals surface area contributed by atoms with Crippen molar-refractivity contribution in [3.8, 4) is 11.1 Å². The summed E-state index contributed by atoms with van der Waals surface area (Å²) in [6.07, 6.45) is 5.84. The number of fused-ring (bicyclic) bond motifs is 2. The largest absolute Gasteiger partial charge is 0.310 e. The van der Waals surface area contributed by atoms with Crippen LogP contribution in [-0.4, -0.2) is 71.5 Å². The number of hydrogen-bond donors (Lipinski definition) is 1. The van der Waals surface area contributed by atoms with E-state index in [0.717, 1.165) is 11.1 Å². The minimum absolute atomic E-state index is 0.00941. The van der Waals surface area contributed by atoms with Gasteiger partial charge in [-0.3, -0.25) is 24.0 Å². The van der Waals surface area contributed by atoms with Gasteiger partial charge in [-0.1, -0.05) is 6.07 Å². The minimum Gasteiger partial charge on any atom is -0.310 e. The van der Waals surface area contributed by atoms with E-state index in [2.05, 4.69) is 41.3 Å². The molecule has 1 amide bonds. The molecule has 1 unspecified atom stereocenters. The third kappa shape index (κ3) is 5.49. The number of rotatable bonds is 9. The van der Waals surface area contributed by atoms with Crippen LogP contribution in [0.4, 0.5) is 10.2 Å². The molecule has 43 heavy (non-hydrogen) atoms. The fourth-order valence-electron chi connectivity index (χ4n) is 5.99. The lowest BCUT2D eigenvalue weighted by Crippen LogP contribution is -2.41. The fraction of sp³-hybridized carbons (Fsp3) is 0.367. The van der Waals surface area contributed by atoms with E-state index in [1.807, 2.05) is 43.2 Å². The number of thioether (sulfide) groups is 1. The van der Waals surface area contributed by atoms with Gasteiger partial charge in [0.25, 0.3) is 0 Å². The number of anilines is 1. The zero-order valence-corrected chi connectivity index (χ0v) is 26.4. The Morgan fingerprint density at radius 2 is 1.93 bits per heavy atom. The van der Waals surface area contributed by atoms with Crippen molar-refractivity contribution in [1.29, 1.82) is 0 Å². The smallest absolute Gasteiger partial charge is 0.230 e. The predicted octanol–water partition coefficient (Wildman–Crippen LogP) is 4.83. The van der Waals surface area contributed by atoms with Gasteiger partial charge < -0.3 is 5.32 Å². The number of ketones is 2. The maximum absolute atomic E-state index is 14.2. The van der Waals surface area contributed by atoms with Gasteiger partial charge in [0.15, 0.2) is 17.4 Å². The SMILES string of the molecule is CSCc1cc(F)c(Br)nc1NC(=O)[C@H]1C[C@]2(C)C[N@]2C1C(=O)Cn1nc(C(C)=O)c2cc(-c3cnc(C)nc3)ccc21. The second-order valence-electron chi connectivity index (χ2n) is 11.4. The lowest BCUT2D eigenvalue weighted by atomic mass is 9.90. The molecule has 2 aliphatic rings. The molecule has 0 bridgehead atoms. The van der Waals surface area contributed by atoms with E-state index in [1.54, 1.807) is 17.1 Å². The molecule has 0 radical (unpaired) electrons. The highest BCUT2D eigenvalue weighted by molar-refractivity contribution is 9.10. The van der Waals surface area contributed by atoms with Crippen LogP contribution in [0.1, 0.15) is 42.1 Å². The highest BCUT2D eigenvalue weighted by Crippen LogP contribution is 2.50. The zero-order valence-electron chi connectivity index (χ0n) is 24.0. The Bertz CT molecular complexity index is 1800. The maximum atomic E-state index is 14.2. The van der Waals surface area contributed by atoms with Gasteiger partial charge in [0.05, 0.1) is 17.5 Å². The molecule has 6 rings (SSSR count). The van der Waals surface area contributed by atoms with Gasteiger partial charge in [-0.05, 0) is 66.2 Å². The molecule has 4 aromatic rings. The second-order valence-corrected chi connectivity index (χ2v) is 13.0. The summed E-state index contributed by atoms with van der Waals surface area (Å²) in [6, 6.07) is 6.28. The Hall–Kier alpha value is -3.55. The Kier molecular flexibility index (Phi) is 7.68. The number of nitrogens with one attached hydrogen (secondary N) is 1. The van der Waals surface area contributed by atoms with Crippen LogP contribution < -0.4 is 5.32 Å². The molecular formula is C30H29BrFN7O3S. The van der Waals surface area contributed by atoms with Gasteiger partial charge in [0.2, 0.25) is 5.91 Å². The van der Waals surface area contributed by atoms with Gasteiger partial charge in [-0.25, -0.2) is 19.3 Å². The Balaban J connectivity index is 1.28. The monoisotopic (exact) mass is 665 g/mol. The van der Waals surface area contributed by atoms with Crippen molar-refractivity contribution in [2.75, 3.05) is 18.1 Å². The molecule has 1 aromatic carbocycles. The molecular weight excluding hydrogens is 637 g/mol. The molecule has 13 heteroatoms. The molecule has 2 aliphatic heterocycles. The van der Waals surface area contributed by atoms with Crippen LogP contribution in [0.25, 0.3) is 22.0 Å². The number of nitrogens with zero attached hydrogens (tertiary/aromatic N) is 6. The molecule has 2 saturated heterocycles. The topological polar surface area (TPSA) is 123 Å². The normalized spacial score (nSPS) is 22.4. The van der Waals surface area contributed by atoms with Gasteiger partial charge in [-0.15, -0.1) is 0 Å². The number of carbonyl (C=O) groups excluding carboxylic acids is 3. The first kappa shape index (κ1) is 29.5. The standard InChI is InChI=1S/C30H29BrFN7O3S/c1-15(40)25-20-7-17(19-10-33-16(2)34-11-19)5-6-23(20)39(37-25)12-24(41)26-21(9-30(3)14-38(26)30)29(42)36-28-18(13-43-4)8-22(32)27(31)35-28/h5-8,10-11,21,26H,9,12-14H2,1-4H3,(H,35,36,42)/t21-,26?,30+,38+/m0/s1. The van der Waals surface area contributed by atoms with E-state index in [9.17, 15) is 18.8 Å². The molecule has 0 saturated carbocycles. The summed E-state index contributed by atoms with van der Waals surface area (Å²) in [4.78, 5) is 54.9. The summed E-state index contributed by atoms with van der Waals surface area (Å²) >= 11 is 4.59. The summed E-state index contributed by atoms with van der Waals surface area (Å²) in [5.74, 6) is -0.457. The van der Waals surface area contributed by atoms with Crippen molar-refractivity contribution in [2.24, 2.45) is 5.92 Å². The average molecular weight is 667 g/mol. The highest BCUT2D eigenvalue weighted by atomic mass is 79.9. The molecule has 0 aliphatic carbocycles. The number of aromatic nitrogens is 5. The highest BCUT2D eigenvalue weighted by Gasteiger charge is 2.64. The first-order chi connectivity index (χ1) is 20.5. The summed E-state index contributed by atoms with van der Waals surface area (Å²) < 4.78 is 15.7. The molecule has 5 heterocycles. The molecule has 10 nitrogen and oxygen atoms in total. The van der Waals surface area contributed by atoms with E-state index in [-0.39, 0.29) is 45.7 Å². The van der Waals surface area contributed by atoms with Crippen molar-refractivity contribution in [3.05, 3.63) is 64.2 Å². The van der Waals surface area contributed by atoms with Crippen LogP contribution in [0.5, 0.6) is 0 Å². The number of halogens is 2. The van der Waals surface area contributed by atoms with Gasteiger partial charge in [0, 0.05) is 53.7 Å².